The lowest BCUT2D eigenvalue weighted by atomic mass is 9.80. The van der Waals surface area contributed by atoms with Crippen molar-refractivity contribution in [1.82, 2.24) is 19.1 Å². The van der Waals surface area contributed by atoms with E-state index in [2.05, 4.69) is 38.1 Å². The molecule has 254 valence electrons. The molecule has 2 unspecified atom stereocenters. The third kappa shape index (κ3) is 4.68. The Morgan fingerprint density at radius 2 is 1.81 bits per heavy atom. The highest BCUT2D eigenvalue weighted by Gasteiger charge is 2.65. The van der Waals surface area contributed by atoms with Crippen LogP contribution in [0.5, 0.6) is 5.75 Å². The molecular formula is C38H46N4O5S. The van der Waals surface area contributed by atoms with E-state index in [1.165, 1.54) is 30.4 Å². The zero-order valence-corrected chi connectivity index (χ0v) is 28.9. The molecule has 0 bridgehead atoms. The van der Waals surface area contributed by atoms with Crippen LogP contribution in [0.15, 0.2) is 36.4 Å². The summed E-state index contributed by atoms with van der Waals surface area (Å²) in [4.78, 5) is 33.0. The highest BCUT2D eigenvalue weighted by Crippen LogP contribution is 2.66. The third-order valence-corrected chi connectivity index (χ3v) is 14.6. The number of carbonyl (C=O) groups is 2. The zero-order valence-electron chi connectivity index (χ0n) is 28.0. The smallest absolute Gasteiger partial charge is 0.264 e. The number of nitrogens with zero attached hydrogens (tertiary/aromatic N) is 3. The van der Waals surface area contributed by atoms with Crippen LogP contribution in [0.1, 0.15) is 98.0 Å². The topological polar surface area (TPSA) is 101 Å². The Kier molecular flexibility index (Phi) is 7.07. The number of ether oxygens (including phenoxy) is 1. The summed E-state index contributed by atoms with van der Waals surface area (Å²) >= 11 is 0. The molecule has 2 saturated heterocycles. The molecule has 48 heavy (non-hydrogen) atoms. The van der Waals surface area contributed by atoms with Crippen molar-refractivity contribution < 1.29 is 22.7 Å². The third-order valence-electron chi connectivity index (χ3n) is 12.8. The second-order valence-electron chi connectivity index (χ2n) is 15.4. The number of rotatable bonds is 7. The molecule has 3 aromatic rings. The summed E-state index contributed by atoms with van der Waals surface area (Å²) in [7, 11) is -1.98. The number of hydrogen-bond donors (Lipinski definition) is 1. The number of fused-ring (bicyclic) bond motifs is 8. The molecule has 2 amide bonds. The van der Waals surface area contributed by atoms with Crippen LogP contribution in [0.2, 0.25) is 0 Å². The molecule has 3 aliphatic heterocycles. The van der Waals surface area contributed by atoms with Gasteiger partial charge in [-0.1, -0.05) is 32.3 Å². The van der Waals surface area contributed by atoms with Crippen LogP contribution in [0.4, 0.5) is 0 Å². The van der Waals surface area contributed by atoms with E-state index in [0.29, 0.717) is 36.8 Å². The molecule has 6 aliphatic rings. The molecule has 0 radical (unpaired) electrons. The van der Waals surface area contributed by atoms with Crippen molar-refractivity contribution in [3.63, 3.8) is 0 Å². The highest BCUT2D eigenvalue weighted by molar-refractivity contribution is 7.91. The number of likely N-dealkylation sites (tertiary alicyclic amines) is 2. The van der Waals surface area contributed by atoms with E-state index in [-0.39, 0.29) is 17.9 Å². The average Bonchev–Trinajstić information content (AvgIpc) is 4.02. The van der Waals surface area contributed by atoms with Crippen molar-refractivity contribution in [2.45, 2.75) is 94.4 Å². The second-order valence-corrected chi connectivity index (χ2v) is 17.4. The van der Waals surface area contributed by atoms with Gasteiger partial charge in [-0.05, 0) is 105 Å². The summed E-state index contributed by atoms with van der Waals surface area (Å²) < 4.78 is 35.9. The lowest BCUT2D eigenvalue weighted by molar-refractivity contribution is -0.155. The molecule has 5 fully saturated rings. The molecule has 4 heterocycles. The number of amides is 2. The SMILES string of the molecule is CCN1CC[C@H]2CN(C(=O)C34CC3c3cc(OC)ccc3-c3c(C5CCCCC5)c5ccc(C(=O)NS(=O)(=O)C6CC6)cc5n3C4)[C@H]2C1. The Morgan fingerprint density at radius 3 is 2.56 bits per heavy atom. The zero-order chi connectivity index (χ0) is 32.9. The number of sulfonamides is 1. The van der Waals surface area contributed by atoms with Gasteiger partial charge in [0, 0.05) is 53.6 Å². The number of likely N-dealkylation sites (N-methyl/N-ethyl adjacent to an activating group) is 1. The maximum Gasteiger partial charge on any atom is 0.264 e. The fourth-order valence-electron chi connectivity index (χ4n) is 9.74. The first-order valence-corrected chi connectivity index (χ1v) is 19.7. The predicted octanol–water partition coefficient (Wildman–Crippen LogP) is 5.63. The fourth-order valence-corrected chi connectivity index (χ4v) is 11.0. The summed E-state index contributed by atoms with van der Waals surface area (Å²) in [5, 5.41) is 0.630. The minimum absolute atomic E-state index is 0.0874. The number of piperidine rings is 1. The lowest BCUT2D eigenvalue weighted by Crippen LogP contribution is -2.67. The van der Waals surface area contributed by atoms with Crippen LogP contribution in [-0.2, 0) is 21.4 Å². The van der Waals surface area contributed by atoms with Crippen LogP contribution in [0.3, 0.4) is 0 Å². The van der Waals surface area contributed by atoms with Crippen LogP contribution < -0.4 is 9.46 Å². The number of aromatic nitrogens is 1. The normalized spacial score (nSPS) is 28.4. The van der Waals surface area contributed by atoms with E-state index in [0.717, 1.165) is 79.8 Å². The van der Waals surface area contributed by atoms with E-state index < -0.39 is 26.6 Å². The molecule has 3 saturated carbocycles. The standard InChI is InChI=1S/C38H46N4O5S/c1-3-40-16-15-25-20-41(33(25)21-40)37(44)38-19-31(38)30-18-26(47-2)10-14-28(30)35-34(23-7-5-4-6-8-23)29-13-9-24(17-32(29)42(35)22-38)36(43)39-48(45,46)27-11-12-27/h9-10,13-14,17-18,23,25,27,31,33H,3-8,11-12,15-16,19-22H2,1-2H3,(H,39,43)/t25-,31?,33-,38?/m0/s1. The van der Waals surface area contributed by atoms with Crippen molar-refractivity contribution in [2.24, 2.45) is 11.3 Å². The molecule has 3 aliphatic carbocycles. The van der Waals surface area contributed by atoms with Crippen molar-refractivity contribution >= 4 is 32.7 Å². The maximum atomic E-state index is 14.9. The Hall–Kier alpha value is -3.37. The van der Waals surface area contributed by atoms with Gasteiger partial charge in [0.05, 0.1) is 23.5 Å². The molecule has 2 aromatic carbocycles. The van der Waals surface area contributed by atoms with Gasteiger partial charge in [0.1, 0.15) is 5.75 Å². The summed E-state index contributed by atoms with van der Waals surface area (Å²) in [6, 6.07) is 12.3. The summed E-state index contributed by atoms with van der Waals surface area (Å²) in [5.41, 5.74) is 5.49. The number of benzene rings is 2. The molecule has 9 rings (SSSR count). The Balaban J connectivity index is 1.19. The van der Waals surface area contributed by atoms with Crippen molar-refractivity contribution in [3.05, 3.63) is 53.1 Å². The first-order chi connectivity index (χ1) is 23.2. The first kappa shape index (κ1) is 30.7. The first-order valence-electron chi connectivity index (χ1n) is 18.2. The van der Waals surface area contributed by atoms with E-state index in [1.807, 2.05) is 18.2 Å². The molecule has 4 atom stereocenters. The quantitative estimate of drug-likeness (QED) is 0.350. The van der Waals surface area contributed by atoms with E-state index in [1.54, 1.807) is 13.2 Å². The van der Waals surface area contributed by atoms with Crippen molar-refractivity contribution in [3.8, 4) is 17.0 Å². The Labute approximate surface area is 283 Å². The average molecular weight is 671 g/mol. The van der Waals surface area contributed by atoms with Crippen LogP contribution in [-0.4, -0.2) is 79.2 Å². The minimum atomic E-state index is -3.69. The van der Waals surface area contributed by atoms with E-state index in [4.69, 9.17) is 4.74 Å². The van der Waals surface area contributed by atoms with Crippen LogP contribution in [0.25, 0.3) is 22.2 Å². The fraction of sp³-hybridized carbons (Fsp3) is 0.579. The van der Waals surface area contributed by atoms with Gasteiger partial charge in [-0.15, -0.1) is 0 Å². The van der Waals surface area contributed by atoms with Gasteiger partial charge in [0.15, 0.2) is 0 Å². The molecule has 0 spiro atoms. The van der Waals surface area contributed by atoms with Crippen molar-refractivity contribution in [2.75, 3.05) is 33.3 Å². The number of methoxy groups -OCH3 is 1. The number of nitrogens with one attached hydrogen (secondary N) is 1. The summed E-state index contributed by atoms with van der Waals surface area (Å²) in [6.07, 6.45) is 8.95. The highest BCUT2D eigenvalue weighted by atomic mass is 32.2. The number of carbonyl (C=O) groups excluding carboxylic acids is 2. The monoisotopic (exact) mass is 670 g/mol. The van der Waals surface area contributed by atoms with Gasteiger partial charge in [0.2, 0.25) is 15.9 Å². The lowest BCUT2D eigenvalue weighted by Gasteiger charge is -2.54. The molecule has 9 nitrogen and oxygen atoms in total. The molecule has 10 heteroatoms. The van der Waals surface area contributed by atoms with E-state index >= 15 is 0 Å². The molecule has 1 aromatic heterocycles. The van der Waals surface area contributed by atoms with Crippen LogP contribution in [0, 0.1) is 11.3 Å². The number of hydrogen-bond acceptors (Lipinski definition) is 6. The molecular weight excluding hydrogens is 625 g/mol. The summed E-state index contributed by atoms with van der Waals surface area (Å²) in [6.45, 7) is 6.66. The van der Waals surface area contributed by atoms with Gasteiger partial charge in [-0.25, -0.2) is 13.1 Å². The largest absolute Gasteiger partial charge is 0.497 e. The maximum absolute atomic E-state index is 14.9. The van der Waals surface area contributed by atoms with Gasteiger partial charge < -0.3 is 19.1 Å². The Bertz CT molecular complexity index is 1940. The van der Waals surface area contributed by atoms with Crippen LogP contribution >= 0.6 is 0 Å². The van der Waals surface area contributed by atoms with Gasteiger partial charge in [-0.3, -0.25) is 9.59 Å². The Morgan fingerprint density at radius 1 is 1.00 bits per heavy atom. The predicted molar refractivity (Wildman–Crippen MR) is 185 cm³/mol. The molecule has 1 N–H and O–H groups in total. The summed E-state index contributed by atoms with van der Waals surface area (Å²) in [5.74, 6) is 1.52. The van der Waals surface area contributed by atoms with Gasteiger partial charge in [0.25, 0.3) is 5.91 Å². The van der Waals surface area contributed by atoms with Crippen molar-refractivity contribution in [1.29, 1.82) is 0 Å². The second kappa shape index (κ2) is 11.1. The van der Waals surface area contributed by atoms with E-state index in [9.17, 15) is 18.0 Å². The minimum Gasteiger partial charge on any atom is -0.497 e. The van der Waals surface area contributed by atoms with Gasteiger partial charge >= 0.3 is 0 Å². The van der Waals surface area contributed by atoms with Gasteiger partial charge in [-0.2, -0.15) is 0 Å².